The van der Waals surface area contributed by atoms with Gasteiger partial charge in [-0.25, -0.2) is 0 Å². The SMILES string of the molecule is COCCC1CC(CO)=CO1. The summed E-state index contributed by atoms with van der Waals surface area (Å²) in [7, 11) is 1.68. The number of ether oxygens (including phenoxy) is 2. The summed E-state index contributed by atoms with van der Waals surface area (Å²) in [5, 5.41) is 8.73. The first-order chi connectivity index (χ1) is 5.36. The molecule has 1 heterocycles. The van der Waals surface area contributed by atoms with Gasteiger partial charge in [-0.1, -0.05) is 0 Å². The lowest BCUT2D eigenvalue weighted by Crippen LogP contribution is -2.08. The van der Waals surface area contributed by atoms with Crippen LogP contribution >= 0.6 is 0 Å². The van der Waals surface area contributed by atoms with Gasteiger partial charge in [-0.3, -0.25) is 0 Å². The number of hydrogen-bond donors (Lipinski definition) is 1. The van der Waals surface area contributed by atoms with Crippen molar-refractivity contribution in [3.05, 3.63) is 11.8 Å². The molecule has 0 spiro atoms. The van der Waals surface area contributed by atoms with Crippen LogP contribution in [0, 0.1) is 0 Å². The van der Waals surface area contributed by atoms with E-state index in [1.165, 1.54) is 0 Å². The monoisotopic (exact) mass is 158 g/mol. The Morgan fingerprint density at radius 3 is 3.18 bits per heavy atom. The molecule has 1 aliphatic heterocycles. The average molecular weight is 158 g/mol. The van der Waals surface area contributed by atoms with Crippen molar-refractivity contribution in [1.29, 1.82) is 0 Å². The summed E-state index contributed by atoms with van der Waals surface area (Å²) in [6.07, 6.45) is 3.62. The van der Waals surface area contributed by atoms with E-state index in [1.807, 2.05) is 0 Å². The molecule has 1 atom stereocenters. The van der Waals surface area contributed by atoms with Crippen molar-refractivity contribution in [3.63, 3.8) is 0 Å². The van der Waals surface area contributed by atoms with Crippen LogP contribution in [0.25, 0.3) is 0 Å². The van der Waals surface area contributed by atoms with Gasteiger partial charge in [0.15, 0.2) is 0 Å². The Kier molecular flexibility index (Phi) is 3.39. The highest BCUT2D eigenvalue weighted by Gasteiger charge is 2.16. The molecule has 0 saturated carbocycles. The molecule has 3 heteroatoms. The van der Waals surface area contributed by atoms with Gasteiger partial charge < -0.3 is 14.6 Å². The predicted octanol–water partition coefficient (Wildman–Crippen LogP) is 0.688. The van der Waals surface area contributed by atoms with E-state index >= 15 is 0 Å². The summed E-state index contributed by atoms with van der Waals surface area (Å²) in [5.74, 6) is 0. The summed E-state index contributed by atoms with van der Waals surface area (Å²) in [6, 6.07) is 0. The lowest BCUT2D eigenvalue weighted by molar-refractivity contribution is 0.110. The molecule has 0 saturated heterocycles. The van der Waals surface area contributed by atoms with Gasteiger partial charge in [0.25, 0.3) is 0 Å². The fourth-order valence-electron chi connectivity index (χ4n) is 1.10. The maximum atomic E-state index is 8.73. The minimum absolute atomic E-state index is 0.115. The molecular weight excluding hydrogens is 144 g/mol. The molecule has 0 amide bonds. The van der Waals surface area contributed by atoms with Gasteiger partial charge in [0.2, 0.25) is 0 Å². The highest BCUT2D eigenvalue weighted by Crippen LogP contribution is 2.19. The Hall–Kier alpha value is -0.540. The van der Waals surface area contributed by atoms with Crippen molar-refractivity contribution in [2.45, 2.75) is 18.9 Å². The second kappa shape index (κ2) is 4.36. The molecule has 0 aliphatic carbocycles. The highest BCUT2D eigenvalue weighted by molar-refractivity contribution is 5.04. The first-order valence-corrected chi connectivity index (χ1v) is 3.80. The van der Waals surface area contributed by atoms with Gasteiger partial charge in [-0.15, -0.1) is 0 Å². The van der Waals surface area contributed by atoms with Crippen LogP contribution in [-0.4, -0.2) is 31.5 Å². The molecule has 1 N–H and O–H groups in total. The minimum Gasteiger partial charge on any atom is -0.498 e. The van der Waals surface area contributed by atoms with Crippen molar-refractivity contribution >= 4 is 0 Å². The average Bonchev–Trinajstić information content (AvgIpc) is 2.48. The van der Waals surface area contributed by atoms with E-state index in [0.29, 0.717) is 0 Å². The fourth-order valence-corrected chi connectivity index (χ4v) is 1.10. The van der Waals surface area contributed by atoms with Crippen LogP contribution < -0.4 is 0 Å². The number of hydrogen-bond acceptors (Lipinski definition) is 3. The number of aliphatic hydroxyl groups excluding tert-OH is 1. The third kappa shape index (κ3) is 2.52. The molecule has 0 aromatic heterocycles. The van der Waals surface area contributed by atoms with Crippen LogP contribution in [0.5, 0.6) is 0 Å². The summed E-state index contributed by atoms with van der Waals surface area (Å²) in [4.78, 5) is 0. The van der Waals surface area contributed by atoms with Crippen LogP contribution in [0.2, 0.25) is 0 Å². The van der Waals surface area contributed by atoms with Crippen LogP contribution in [0.15, 0.2) is 11.8 Å². The summed E-state index contributed by atoms with van der Waals surface area (Å²) >= 11 is 0. The summed E-state index contributed by atoms with van der Waals surface area (Å²) in [5.41, 5.74) is 0.978. The van der Waals surface area contributed by atoms with Gasteiger partial charge in [0, 0.05) is 26.6 Å². The van der Waals surface area contributed by atoms with Gasteiger partial charge in [-0.2, -0.15) is 0 Å². The summed E-state index contributed by atoms with van der Waals surface area (Å²) in [6.45, 7) is 0.834. The Balaban J connectivity index is 2.14. The second-order valence-electron chi connectivity index (χ2n) is 2.68. The Labute approximate surface area is 66.6 Å². The van der Waals surface area contributed by atoms with Gasteiger partial charge >= 0.3 is 0 Å². The first-order valence-electron chi connectivity index (χ1n) is 3.80. The normalized spacial score (nSPS) is 23.1. The quantitative estimate of drug-likeness (QED) is 0.654. The van der Waals surface area contributed by atoms with E-state index < -0.39 is 0 Å². The zero-order valence-corrected chi connectivity index (χ0v) is 6.75. The predicted molar refractivity (Wildman–Crippen MR) is 41.2 cm³/mol. The van der Waals surface area contributed by atoms with E-state index in [2.05, 4.69) is 0 Å². The fraction of sp³-hybridized carbons (Fsp3) is 0.750. The maximum Gasteiger partial charge on any atom is 0.104 e. The van der Waals surface area contributed by atoms with Crippen molar-refractivity contribution in [1.82, 2.24) is 0 Å². The smallest absolute Gasteiger partial charge is 0.104 e. The molecule has 11 heavy (non-hydrogen) atoms. The highest BCUT2D eigenvalue weighted by atomic mass is 16.5. The lowest BCUT2D eigenvalue weighted by Gasteiger charge is -2.08. The molecule has 0 fully saturated rings. The number of rotatable bonds is 4. The zero-order valence-electron chi connectivity index (χ0n) is 6.75. The van der Waals surface area contributed by atoms with E-state index in [-0.39, 0.29) is 12.7 Å². The summed E-state index contributed by atoms with van der Waals surface area (Å²) < 4.78 is 10.2. The third-order valence-corrected chi connectivity index (χ3v) is 1.76. The Morgan fingerprint density at radius 1 is 1.82 bits per heavy atom. The molecule has 0 radical (unpaired) electrons. The zero-order chi connectivity index (χ0) is 8.10. The molecule has 1 aliphatic rings. The third-order valence-electron chi connectivity index (χ3n) is 1.76. The van der Waals surface area contributed by atoms with Crippen molar-refractivity contribution in [2.75, 3.05) is 20.3 Å². The molecule has 3 nitrogen and oxygen atoms in total. The minimum atomic E-state index is 0.115. The lowest BCUT2D eigenvalue weighted by atomic mass is 10.1. The topological polar surface area (TPSA) is 38.7 Å². The van der Waals surface area contributed by atoms with Crippen molar-refractivity contribution in [2.24, 2.45) is 0 Å². The number of aliphatic hydroxyl groups is 1. The van der Waals surface area contributed by atoms with Gasteiger partial charge in [-0.05, 0) is 5.57 Å². The molecule has 1 rings (SSSR count). The molecule has 64 valence electrons. The van der Waals surface area contributed by atoms with E-state index in [9.17, 15) is 0 Å². The van der Waals surface area contributed by atoms with Crippen LogP contribution in [0.4, 0.5) is 0 Å². The van der Waals surface area contributed by atoms with Crippen LogP contribution in [-0.2, 0) is 9.47 Å². The standard InChI is InChI=1S/C8H14O3/c1-10-3-2-8-4-7(5-9)6-11-8/h6,8-9H,2-5H2,1H3. The number of methoxy groups -OCH3 is 1. The van der Waals surface area contributed by atoms with Crippen molar-refractivity contribution < 1.29 is 14.6 Å². The van der Waals surface area contributed by atoms with E-state index in [4.69, 9.17) is 14.6 Å². The maximum absolute atomic E-state index is 8.73. The first kappa shape index (κ1) is 8.56. The van der Waals surface area contributed by atoms with E-state index in [0.717, 1.165) is 25.0 Å². The molecule has 0 aromatic rings. The Morgan fingerprint density at radius 2 is 2.64 bits per heavy atom. The molecule has 1 unspecified atom stereocenters. The van der Waals surface area contributed by atoms with Gasteiger partial charge in [0.1, 0.15) is 6.10 Å². The van der Waals surface area contributed by atoms with Crippen LogP contribution in [0.3, 0.4) is 0 Å². The molecular formula is C8H14O3. The molecule has 0 aromatic carbocycles. The second-order valence-corrected chi connectivity index (χ2v) is 2.68. The Bertz CT molecular complexity index is 142. The van der Waals surface area contributed by atoms with Crippen molar-refractivity contribution in [3.8, 4) is 0 Å². The van der Waals surface area contributed by atoms with E-state index in [1.54, 1.807) is 13.4 Å². The molecule has 0 bridgehead atoms. The van der Waals surface area contributed by atoms with Crippen LogP contribution in [0.1, 0.15) is 12.8 Å². The van der Waals surface area contributed by atoms with Gasteiger partial charge in [0.05, 0.1) is 12.9 Å². The largest absolute Gasteiger partial charge is 0.498 e.